The molecule has 6 nitrogen and oxygen atoms in total. The van der Waals surface area contributed by atoms with Crippen molar-refractivity contribution in [3.8, 4) is 0 Å². The number of nitrogens with one attached hydrogen (secondary N) is 3. The smallest absolute Gasteiger partial charge is 0.261 e. The van der Waals surface area contributed by atoms with Crippen LogP contribution in [0.1, 0.15) is 28.8 Å². The van der Waals surface area contributed by atoms with Crippen molar-refractivity contribution in [2.24, 2.45) is 5.92 Å². The number of carbonyl (C=O) groups is 1. The molecule has 0 saturated carbocycles. The lowest BCUT2D eigenvalue weighted by atomic mass is 9.99. The number of hydrogen-bond donors (Lipinski definition) is 3. The highest BCUT2D eigenvalue weighted by Gasteiger charge is 2.20. The number of aryl methyl sites for hydroxylation is 1. The van der Waals surface area contributed by atoms with Crippen molar-refractivity contribution in [1.29, 1.82) is 0 Å². The summed E-state index contributed by atoms with van der Waals surface area (Å²) in [5, 5.41) is 6.25. The maximum absolute atomic E-state index is 12.6. The molecule has 1 unspecified atom stereocenters. The van der Waals surface area contributed by atoms with E-state index < -0.39 is 10.0 Å². The summed E-state index contributed by atoms with van der Waals surface area (Å²) >= 11 is 0. The molecule has 152 valence electrons. The highest BCUT2D eigenvalue weighted by Crippen LogP contribution is 2.21. The third-order valence-corrected chi connectivity index (χ3v) is 6.08. The number of carbonyl (C=O) groups excluding carboxylic acids is 1. The van der Waals surface area contributed by atoms with Gasteiger partial charge in [-0.05, 0) is 63.0 Å². The molecule has 8 heteroatoms. The quantitative estimate of drug-likeness (QED) is 0.666. The molecule has 0 bridgehead atoms. The molecule has 0 radical (unpaired) electrons. The number of sulfonamides is 1. The molecule has 3 N–H and O–H groups in total. The fourth-order valence-corrected chi connectivity index (χ4v) is 4.20. The van der Waals surface area contributed by atoms with Crippen LogP contribution in [-0.4, -0.2) is 34.0 Å². The molecule has 1 saturated heterocycles. The number of amides is 1. The molecular weight excluding hydrogens is 398 g/mol. The maximum atomic E-state index is 12.6. The zero-order chi connectivity index (χ0) is 19.3. The molecule has 1 heterocycles. The number of piperidine rings is 1. The van der Waals surface area contributed by atoms with Crippen LogP contribution in [0.4, 0.5) is 5.69 Å². The lowest BCUT2D eigenvalue weighted by molar-refractivity contribution is 0.0945. The van der Waals surface area contributed by atoms with E-state index in [4.69, 9.17) is 0 Å². The summed E-state index contributed by atoms with van der Waals surface area (Å²) in [7, 11) is -3.76. The fourth-order valence-electron chi connectivity index (χ4n) is 3.12. The summed E-state index contributed by atoms with van der Waals surface area (Å²) in [5.41, 5.74) is 1.57. The van der Waals surface area contributed by atoms with Gasteiger partial charge in [-0.2, -0.15) is 0 Å². The van der Waals surface area contributed by atoms with Crippen LogP contribution in [0, 0.1) is 12.8 Å². The first-order valence-electron chi connectivity index (χ1n) is 9.13. The second kappa shape index (κ2) is 9.91. The van der Waals surface area contributed by atoms with Gasteiger partial charge in [0.05, 0.1) is 16.1 Å². The van der Waals surface area contributed by atoms with Crippen LogP contribution in [0.15, 0.2) is 53.4 Å². The minimum Gasteiger partial charge on any atom is -0.352 e. The first-order chi connectivity index (χ1) is 13.0. The maximum Gasteiger partial charge on any atom is 0.261 e. The van der Waals surface area contributed by atoms with Gasteiger partial charge in [-0.15, -0.1) is 12.4 Å². The summed E-state index contributed by atoms with van der Waals surface area (Å²) < 4.78 is 27.8. The minimum absolute atomic E-state index is 0. The molecule has 1 atom stereocenters. The predicted octanol–water partition coefficient (Wildman–Crippen LogP) is 2.95. The summed E-state index contributed by atoms with van der Waals surface area (Å²) in [4.78, 5) is 12.8. The summed E-state index contributed by atoms with van der Waals surface area (Å²) in [5.74, 6) is 0.127. The fraction of sp³-hybridized carbons (Fsp3) is 0.350. The Morgan fingerprint density at radius 2 is 1.86 bits per heavy atom. The van der Waals surface area contributed by atoms with Crippen LogP contribution < -0.4 is 15.4 Å². The van der Waals surface area contributed by atoms with Gasteiger partial charge in [-0.1, -0.05) is 29.8 Å². The normalized spacial score (nSPS) is 16.7. The Balaban J connectivity index is 0.00000280. The van der Waals surface area contributed by atoms with Crippen LogP contribution in [0.25, 0.3) is 0 Å². The van der Waals surface area contributed by atoms with Crippen molar-refractivity contribution in [1.82, 2.24) is 10.6 Å². The molecule has 0 aliphatic carbocycles. The highest BCUT2D eigenvalue weighted by atomic mass is 35.5. The van der Waals surface area contributed by atoms with E-state index >= 15 is 0 Å². The number of benzene rings is 2. The molecule has 1 aliphatic rings. The Morgan fingerprint density at radius 1 is 1.14 bits per heavy atom. The van der Waals surface area contributed by atoms with E-state index in [-0.39, 0.29) is 28.9 Å². The van der Waals surface area contributed by atoms with E-state index in [2.05, 4.69) is 15.4 Å². The van der Waals surface area contributed by atoms with E-state index in [1.807, 2.05) is 6.92 Å². The number of halogens is 1. The molecule has 0 spiro atoms. The van der Waals surface area contributed by atoms with E-state index in [9.17, 15) is 13.2 Å². The van der Waals surface area contributed by atoms with Crippen LogP contribution >= 0.6 is 12.4 Å². The topological polar surface area (TPSA) is 87.3 Å². The number of hydrogen-bond acceptors (Lipinski definition) is 4. The molecule has 1 fully saturated rings. The molecule has 1 aliphatic heterocycles. The van der Waals surface area contributed by atoms with Gasteiger partial charge >= 0.3 is 0 Å². The molecule has 1 amide bonds. The molecular formula is C20H26ClN3O3S. The third kappa shape index (κ3) is 5.70. The van der Waals surface area contributed by atoms with E-state index in [0.29, 0.717) is 18.0 Å². The molecule has 2 aromatic rings. The largest absolute Gasteiger partial charge is 0.352 e. The first kappa shape index (κ1) is 22.2. The van der Waals surface area contributed by atoms with E-state index in [0.717, 1.165) is 31.5 Å². The second-order valence-corrected chi connectivity index (χ2v) is 8.57. The zero-order valence-electron chi connectivity index (χ0n) is 15.8. The number of anilines is 1. The average Bonchev–Trinajstić information content (AvgIpc) is 2.67. The summed E-state index contributed by atoms with van der Waals surface area (Å²) in [6.07, 6.45) is 2.18. The van der Waals surface area contributed by atoms with E-state index in [1.54, 1.807) is 48.5 Å². The van der Waals surface area contributed by atoms with Gasteiger partial charge < -0.3 is 10.6 Å². The average molecular weight is 424 g/mol. The number of para-hydroxylation sites is 1. The van der Waals surface area contributed by atoms with Gasteiger partial charge in [-0.25, -0.2) is 8.42 Å². The molecule has 28 heavy (non-hydrogen) atoms. The Hall–Kier alpha value is -2.09. The van der Waals surface area contributed by atoms with Crippen LogP contribution in [0.5, 0.6) is 0 Å². The lowest BCUT2D eigenvalue weighted by Crippen LogP contribution is -2.38. The molecule has 0 aromatic heterocycles. The van der Waals surface area contributed by atoms with E-state index in [1.165, 1.54) is 0 Å². The van der Waals surface area contributed by atoms with Gasteiger partial charge in [0.1, 0.15) is 0 Å². The van der Waals surface area contributed by atoms with Crippen LogP contribution in [-0.2, 0) is 10.0 Å². The van der Waals surface area contributed by atoms with Crippen molar-refractivity contribution < 1.29 is 13.2 Å². The van der Waals surface area contributed by atoms with Crippen molar-refractivity contribution in [2.75, 3.05) is 24.4 Å². The molecule has 2 aromatic carbocycles. The Labute approximate surface area is 172 Å². The minimum atomic E-state index is -3.76. The summed E-state index contributed by atoms with van der Waals surface area (Å²) in [6.45, 7) is 4.38. The van der Waals surface area contributed by atoms with Gasteiger partial charge in [0.2, 0.25) is 0 Å². The van der Waals surface area contributed by atoms with Gasteiger partial charge in [0.15, 0.2) is 0 Å². The highest BCUT2D eigenvalue weighted by molar-refractivity contribution is 7.92. The lowest BCUT2D eigenvalue weighted by Gasteiger charge is -2.23. The van der Waals surface area contributed by atoms with Crippen LogP contribution in [0.3, 0.4) is 0 Å². The Morgan fingerprint density at radius 3 is 2.54 bits per heavy atom. The number of rotatable bonds is 6. The monoisotopic (exact) mass is 423 g/mol. The van der Waals surface area contributed by atoms with Crippen molar-refractivity contribution >= 4 is 34.0 Å². The van der Waals surface area contributed by atoms with Crippen LogP contribution in [0.2, 0.25) is 0 Å². The Bertz CT molecular complexity index is 895. The SMILES string of the molecule is Cc1ccc(S(=O)(=O)Nc2ccccc2C(=O)NCC2CCCNC2)cc1.Cl. The van der Waals surface area contributed by atoms with Gasteiger partial charge in [-0.3, -0.25) is 9.52 Å². The van der Waals surface area contributed by atoms with Crippen molar-refractivity contribution in [3.63, 3.8) is 0 Å². The van der Waals surface area contributed by atoms with Crippen molar-refractivity contribution in [2.45, 2.75) is 24.7 Å². The predicted molar refractivity (Wildman–Crippen MR) is 114 cm³/mol. The molecule has 3 rings (SSSR count). The zero-order valence-corrected chi connectivity index (χ0v) is 17.4. The van der Waals surface area contributed by atoms with Gasteiger partial charge in [0, 0.05) is 6.54 Å². The first-order valence-corrected chi connectivity index (χ1v) is 10.6. The second-order valence-electron chi connectivity index (χ2n) is 6.89. The Kier molecular flexibility index (Phi) is 7.86. The third-order valence-electron chi connectivity index (χ3n) is 4.70. The van der Waals surface area contributed by atoms with Crippen molar-refractivity contribution in [3.05, 3.63) is 59.7 Å². The standard InChI is InChI=1S/C20H25N3O3S.ClH/c1-15-8-10-17(11-9-15)27(25,26)23-19-7-3-2-6-18(19)20(24)22-14-16-5-4-12-21-13-16;/h2-3,6-11,16,21,23H,4-5,12-14H2,1H3,(H,22,24);1H. The van der Waals surface area contributed by atoms with Gasteiger partial charge in [0.25, 0.3) is 15.9 Å². The summed E-state index contributed by atoms with van der Waals surface area (Å²) in [6, 6.07) is 13.2.